The van der Waals surface area contributed by atoms with Crippen molar-refractivity contribution in [1.82, 2.24) is 25.3 Å². The molecular weight excluding hydrogens is 274 g/mol. The van der Waals surface area contributed by atoms with Crippen molar-refractivity contribution in [2.24, 2.45) is 0 Å². The van der Waals surface area contributed by atoms with Gasteiger partial charge in [0.1, 0.15) is 5.82 Å². The number of aromatic nitrogens is 4. The molecule has 1 unspecified atom stereocenters. The summed E-state index contributed by atoms with van der Waals surface area (Å²) in [4.78, 5) is 16.8. The predicted octanol–water partition coefficient (Wildman–Crippen LogP) is 2.61. The average Bonchev–Trinajstić information content (AvgIpc) is 3.27. The first-order chi connectivity index (χ1) is 10.9. The van der Waals surface area contributed by atoms with E-state index in [4.69, 9.17) is 0 Å². The first-order valence-corrected chi connectivity index (χ1v) is 7.53. The van der Waals surface area contributed by atoms with E-state index >= 15 is 0 Å². The third-order valence-corrected chi connectivity index (χ3v) is 4.04. The highest BCUT2D eigenvalue weighted by molar-refractivity contribution is 5.60. The monoisotopic (exact) mass is 291 g/mol. The summed E-state index contributed by atoms with van der Waals surface area (Å²) >= 11 is 0. The van der Waals surface area contributed by atoms with Gasteiger partial charge in [-0.15, -0.1) is 0 Å². The number of H-pyrrole nitrogens is 1. The molecule has 1 fully saturated rings. The molecule has 1 saturated heterocycles. The van der Waals surface area contributed by atoms with E-state index in [1.165, 1.54) is 0 Å². The van der Waals surface area contributed by atoms with E-state index < -0.39 is 0 Å². The Labute approximate surface area is 128 Å². The molecule has 1 atom stereocenters. The maximum absolute atomic E-state index is 4.50. The van der Waals surface area contributed by atoms with Gasteiger partial charge in [-0.05, 0) is 13.0 Å². The summed E-state index contributed by atoms with van der Waals surface area (Å²) in [6.45, 7) is 2.06. The van der Waals surface area contributed by atoms with Gasteiger partial charge in [-0.3, -0.25) is 0 Å². The van der Waals surface area contributed by atoms with Crippen molar-refractivity contribution >= 4 is 0 Å². The smallest absolute Gasteiger partial charge is 0.159 e. The maximum Gasteiger partial charge on any atom is 0.159 e. The highest BCUT2D eigenvalue weighted by Crippen LogP contribution is 2.23. The fourth-order valence-electron chi connectivity index (χ4n) is 2.78. The Kier molecular flexibility index (Phi) is 3.40. The minimum absolute atomic E-state index is 0.485. The maximum atomic E-state index is 4.50. The van der Waals surface area contributed by atoms with Crippen LogP contribution in [0.3, 0.4) is 0 Å². The molecule has 5 heteroatoms. The third kappa shape index (κ3) is 2.51. The van der Waals surface area contributed by atoms with Gasteiger partial charge in [0, 0.05) is 36.0 Å². The van der Waals surface area contributed by atoms with Crippen LogP contribution in [-0.2, 0) is 0 Å². The topological polar surface area (TPSA) is 66.5 Å². The second-order valence-electron chi connectivity index (χ2n) is 5.53. The molecule has 3 heterocycles. The Hall–Kier alpha value is -2.53. The summed E-state index contributed by atoms with van der Waals surface area (Å²) in [6, 6.07) is 9.99. The lowest BCUT2D eigenvalue weighted by Gasteiger charge is -2.03. The number of rotatable bonds is 3. The van der Waals surface area contributed by atoms with E-state index in [2.05, 4.69) is 25.3 Å². The number of nitrogens with one attached hydrogen (secondary N) is 2. The molecule has 2 aromatic heterocycles. The van der Waals surface area contributed by atoms with Crippen molar-refractivity contribution in [3.8, 4) is 22.6 Å². The van der Waals surface area contributed by atoms with Crippen LogP contribution in [0.15, 0.2) is 48.9 Å². The quantitative estimate of drug-likeness (QED) is 0.778. The Balaban J connectivity index is 1.58. The zero-order valence-corrected chi connectivity index (χ0v) is 12.2. The number of aromatic amines is 1. The molecule has 22 heavy (non-hydrogen) atoms. The molecule has 1 aliphatic heterocycles. The van der Waals surface area contributed by atoms with Gasteiger partial charge in [-0.1, -0.05) is 30.3 Å². The van der Waals surface area contributed by atoms with Gasteiger partial charge in [0.05, 0.1) is 11.9 Å². The Morgan fingerprint density at radius 1 is 0.909 bits per heavy atom. The fraction of sp³-hybridized carbons (Fsp3) is 0.235. The SMILES string of the molecule is c1ccc(-c2ncc(-c3cnc(C4CCNC4)[nH]3)cn2)cc1. The third-order valence-electron chi connectivity index (χ3n) is 4.04. The number of hydrogen-bond acceptors (Lipinski definition) is 4. The van der Waals surface area contributed by atoms with E-state index in [1.54, 1.807) is 0 Å². The minimum Gasteiger partial charge on any atom is -0.342 e. The summed E-state index contributed by atoms with van der Waals surface area (Å²) < 4.78 is 0. The fourth-order valence-corrected chi connectivity index (χ4v) is 2.78. The normalized spacial score (nSPS) is 17.7. The van der Waals surface area contributed by atoms with Crippen LogP contribution in [-0.4, -0.2) is 33.0 Å². The van der Waals surface area contributed by atoms with Crippen molar-refractivity contribution in [2.45, 2.75) is 12.3 Å². The molecule has 1 aliphatic rings. The standard InChI is InChI=1S/C17H17N5/c1-2-4-12(5-3-1)16-19-9-14(10-20-16)15-11-21-17(22-15)13-6-7-18-8-13/h1-5,9-11,13,18H,6-8H2,(H,21,22). The second kappa shape index (κ2) is 5.69. The van der Waals surface area contributed by atoms with Crippen LogP contribution in [0.25, 0.3) is 22.6 Å². The molecule has 0 amide bonds. The van der Waals surface area contributed by atoms with Crippen LogP contribution in [0.1, 0.15) is 18.2 Å². The number of hydrogen-bond donors (Lipinski definition) is 2. The molecular formula is C17H17N5. The second-order valence-corrected chi connectivity index (χ2v) is 5.53. The van der Waals surface area contributed by atoms with Crippen LogP contribution in [0.5, 0.6) is 0 Å². The average molecular weight is 291 g/mol. The molecule has 0 radical (unpaired) electrons. The van der Waals surface area contributed by atoms with Crippen LogP contribution in [0.4, 0.5) is 0 Å². The lowest BCUT2D eigenvalue weighted by atomic mass is 10.1. The van der Waals surface area contributed by atoms with Crippen LogP contribution < -0.4 is 5.32 Å². The summed E-state index contributed by atoms with van der Waals surface area (Å²) in [5, 5.41) is 3.36. The van der Waals surface area contributed by atoms with Crippen molar-refractivity contribution in [2.75, 3.05) is 13.1 Å². The first-order valence-electron chi connectivity index (χ1n) is 7.53. The van der Waals surface area contributed by atoms with Gasteiger partial charge in [0.15, 0.2) is 5.82 Å². The van der Waals surface area contributed by atoms with Gasteiger partial charge in [0.2, 0.25) is 0 Å². The van der Waals surface area contributed by atoms with Gasteiger partial charge >= 0.3 is 0 Å². The largest absolute Gasteiger partial charge is 0.342 e. The molecule has 4 rings (SSSR count). The van der Waals surface area contributed by atoms with E-state index in [0.717, 1.165) is 48.0 Å². The number of imidazole rings is 1. The molecule has 0 bridgehead atoms. The molecule has 2 N–H and O–H groups in total. The van der Waals surface area contributed by atoms with Gasteiger partial charge in [-0.25, -0.2) is 15.0 Å². The highest BCUT2D eigenvalue weighted by atomic mass is 15.0. The zero-order chi connectivity index (χ0) is 14.8. The molecule has 0 saturated carbocycles. The lowest BCUT2D eigenvalue weighted by Crippen LogP contribution is -2.08. The van der Waals surface area contributed by atoms with Crippen molar-refractivity contribution in [3.63, 3.8) is 0 Å². The minimum atomic E-state index is 0.485. The summed E-state index contributed by atoms with van der Waals surface area (Å²) in [7, 11) is 0. The highest BCUT2D eigenvalue weighted by Gasteiger charge is 2.19. The predicted molar refractivity (Wildman–Crippen MR) is 85.3 cm³/mol. The number of benzene rings is 1. The van der Waals surface area contributed by atoms with E-state index in [9.17, 15) is 0 Å². The molecule has 0 aliphatic carbocycles. The van der Waals surface area contributed by atoms with Gasteiger partial charge in [0.25, 0.3) is 0 Å². The molecule has 0 spiro atoms. The van der Waals surface area contributed by atoms with Crippen molar-refractivity contribution < 1.29 is 0 Å². The summed E-state index contributed by atoms with van der Waals surface area (Å²) in [5.74, 6) is 2.27. The van der Waals surface area contributed by atoms with Crippen molar-refractivity contribution in [1.29, 1.82) is 0 Å². The number of nitrogens with zero attached hydrogens (tertiary/aromatic N) is 3. The van der Waals surface area contributed by atoms with E-state index in [0.29, 0.717) is 5.92 Å². The molecule has 1 aromatic carbocycles. The lowest BCUT2D eigenvalue weighted by molar-refractivity contribution is 0.715. The van der Waals surface area contributed by atoms with Crippen LogP contribution in [0.2, 0.25) is 0 Å². The molecule has 5 nitrogen and oxygen atoms in total. The molecule has 110 valence electrons. The Morgan fingerprint density at radius 3 is 2.45 bits per heavy atom. The first kappa shape index (κ1) is 13.2. The van der Waals surface area contributed by atoms with Gasteiger partial charge in [-0.2, -0.15) is 0 Å². The summed E-state index contributed by atoms with van der Waals surface area (Å²) in [5.41, 5.74) is 2.96. The van der Waals surface area contributed by atoms with Crippen molar-refractivity contribution in [3.05, 3.63) is 54.7 Å². The molecule has 3 aromatic rings. The summed E-state index contributed by atoms with van der Waals surface area (Å²) in [6.07, 6.45) is 6.70. The van der Waals surface area contributed by atoms with Gasteiger partial charge < -0.3 is 10.3 Å². The van der Waals surface area contributed by atoms with E-state index in [-0.39, 0.29) is 0 Å². The Morgan fingerprint density at radius 2 is 1.73 bits per heavy atom. The Bertz CT molecular complexity index is 742. The van der Waals surface area contributed by atoms with Crippen LogP contribution in [0, 0.1) is 0 Å². The zero-order valence-electron chi connectivity index (χ0n) is 12.2. The van der Waals surface area contributed by atoms with Crippen LogP contribution >= 0.6 is 0 Å². The van der Waals surface area contributed by atoms with E-state index in [1.807, 2.05) is 48.9 Å².